The smallest absolute Gasteiger partial charge is 0.208 e. The molecule has 1 heterocycles. The lowest BCUT2D eigenvalue weighted by atomic mass is 10.1. The molecule has 0 amide bonds. The first-order valence-corrected chi connectivity index (χ1v) is 9.78. The molecule has 0 spiro atoms. The van der Waals surface area contributed by atoms with Gasteiger partial charge in [-0.15, -0.1) is 0 Å². The number of benzene rings is 1. The summed E-state index contributed by atoms with van der Waals surface area (Å²) in [5, 5.41) is 1.07. The van der Waals surface area contributed by atoms with Crippen molar-refractivity contribution in [3.63, 3.8) is 0 Å². The Kier molecular flexibility index (Phi) is 5.29. The average molecular weight is 307 g/mol. The molecule has 0 radical (unpaired) electrons. The standard InChI is InChI=1S/C17H26NO2P/c1-4-8-13(3)12-21(19,20)17(5-2)15-11-18-16-10-7-6-9-14(15)16/h6-7,9-11,13,17-18H,4-5,8,12H2,1-3H3,(H,19,20). The molecule has 2 rings (SSSR count). The van der Waals surface area contributed by atoms with E-state index in [-0.39, 0.29) is 5.66 Å². The number of nitrogens with one attached hydrogen (secondary N) is 1. The third-order valence-electron chi connectivity index (χ3n) is 4.21. The van der Waals surface area contributed by atoms with Crippen LogP contribution < -0.4 is 0 Å². The Bertz CT molecular complexity index is 635. The Morgan fingerprint density at radius 2 is 2.00 bits per heavy atom. The SMILES string of the molecule is CCCC(C)CP(=O)(O)C(CC)c1c[nH]c2ccccc12. The highest BCUT2D eigenvalue weighted by Crippen LogP contribution is 2.59. The summed E-state index contributed by atoms with van der Waals surface area (Å²) in [5.74, 6) is 0.296. The largest absolute Gasteiger partial charge is 0.361 e. The van der Waals surface area contributed by atoms with Gasteiger partial charge in [-0.25, -0.2) is 0 Å². The normalized spacial score (nSPS) is 17.5. The quantitative estimate of drug-likeness (QED) is 0.680. The van der Waals surface area contributed by atoms with Gasteiger partial charge < -0.3 is 9.88 Å². The lowest BCUT2D eigenvalue weighted by Crippen LogP contribution is -2.08. The third-order valence-corrected chi connectivity index (χ3v) is 6.97. The maximum Gasteiger partial charge on any atom is 0.208 e. The van der Waals surface area contributed by atoms with Crippen LogP contribution in [0.2, 0.25) is 0 Å². The predicted molar refractivity (Wildman–Crippen MR) is 90.1 cm³/mol. The highest BCUT2D eigenvalue weighted by atomic mass is 31.2. The summed E-state index contributed by atoms with van der Waals surface area (Å²) in [7, 11) is -3.20. The first-order valence-electron chi connectivity index (χ1n) is 7.87. The van der Waals surface area contributed by atoms with Crippen LogP contribution in [-0.4, -0.2) is 16.0 Å². The van der Waals surface area contributed by atoms with Crippen LogP contribution >= 0.6 is 7.37 Å². The van der Waals surface area contributed by atoms with Crippen molar-refractivity contribution in [2.45, 2.75) is 45.7 Å². The van der Waals surface area contributed by atoms with Crippen molar-refractivity contribution in [2.75, 3.05) is 6.16 Å². The van der Waals surface area contributed by atoms with Crippen molar-refractivity contribution in [1.82, 2.24) is 4.98 Å². The molecule has 116 valence electrons. The predicted octanol–water partition coefficient (Wildman–Crippen LogP) is 5.33. The molecule has 0 fully saturated rings. The highest BCUT2D eigenvalue weighted by Gasteiger charge is 2.33. The van der Waals surface area contributed by atoms with Crippen LogP contribution in [0.5, 0.6) is 0 Å². The second-order valence-corrected chi connectivity index (χ2v) is 8.55. The van der Waals surface area contributed by atoms with E-state index in [0.29, 0.717) is 18.5 Å². The maximum atomic E-state index is 12.9. The molecule has 0 aliphatic carbocycles. The molecule has 21 heavy (non-hydrogen) atoms. The number of aromatic nitrogens is 1. The molecule has 3 nitrogen and oxygen atoms in total. The number of hydrogen-bond donors (Lipinski definition) is 2. The van der Waals surface area contributed by atoms with Gasteiger partial charge in [-0.1, -0.05) is 51.8 Å². The topological polar surface area (TPSA) is 53.1 Å². The van der Waals surface area contributed by atoms with Gasteiger partial charge in [-0.2, -0.15) is 0 Å². The maximum absolute atomic E-state index is 12.9. The summed E-state index contributed by atoms with van der Waals surface area (Å²) in [6.07, 6.45) is 5.08. The third kappa shape index (κ3) is 3.59. The van der Waals surface area contributed by atoms with Crippen LogP contribution in [0.15, 0.2) is 30.5 Å². The van der Waals surface area contributed by atoms with Crippen molar-refractivity contribution >= 4 is 18.3 Å². The van der Waals surface area contributed by atoms with Crippen LogP contribution in [0.4, 0.5) is 0 Å². The number of para-hydroxylation sites is 1. The van der Waals surface area contributed by atoms with E-state index in [1.165, 1.54) is 0 Å². The molecule has 0 aliphatic rings. The summed E-state index contributed by atoms with van der Waals surface area (Å²) in [6, 6.07) is 7.99. The second kappa shape index (κ2) is 6.81. The van der Waals surface area contributed by atoms with Gasteiger partial charge in [0.2, 0.25) is 7.37 Å². The summed E-state index contributed by atoms with van der Waals surface area (Å²) < 4.78 is 12.9. The molecular weight excluding hydrogens is 281 g/mol. The average Bonchev–Trinajstić information content (AvgIpc) is 2.83. The minimum absolute atomic E-state index is 0.270. The monoisotopic (exact) mass is 307 g/mol. The molecule has 0 aliphatic heterocycles. The van der Waals surface area contributed by atoms with E-state index in [0.717, 1.165) is 29.3 Å². The second-order valence-electron chi connectivity index (χ2n) is 6.05. The van der Waals surface area contributed by atoms with Gasteiger partial charge >= 0.3 is 0 Å². The van der Waals surface area contributed by atoms with Gasteiger partial charge in [0.15, 0.2) is 0 Å². The van der Waals surface area contributed by atoms with E-state index >= 15 is 0 Å². The van der Waals surface area contributed by atoms with Crippen LogP contribution in [-0.2, 0) is 4.57 Å². The Balaban J connectivity index is 2.32. The van der Waals surface area contributed by atoms with Crippen LogP contribution in [0.1, 0.15) is 51.3 Å². The number of hydrogen-bond acceptors (Lipinski definition) is 1. The molecule has 1 aromatic heterocycles. The van der Waals surface area contributed by atoms with Crippen molar-refractivity contribution < 1.29 is 9.46 Å². The van der Waals surface area contributed by atoms with E-state index in [2.05, 4.69) is 18.8 Å². The zero-order valence-electron chi connectivity index (χ0n) is 13.2. The van der Waals surface area contributed by atoms with Gasteiger partial charge in [0, 0.05) is 23.3 Å². The van der Waals surface area contributed by atoms with Crippen molar-refractivity contribution in [2.24, 2.45) is 5.92 Å². The van der Waals surface area contributed by atoms with Crippen LogP contribution in [0, 0.1) is 5.92 Å². The molecule has 4 heteroatoms. The summed E-state index contributed by atoms with van der Waals surface area (Å²) in [6.45, 7) is 6.20. The Morgan fingerprint density at radius 1 is 1.29 bits per heavy atom. The van der Waals surface area contributed by atoms with E-state index in [4.69, 9.17) is 0 Å². The lowest BCUT2D eigenvalue weighted by Gasteiger charge is -2.24. The van der Waals surface area contributed by atoms with Crippen molar-refractivity contribution in [3.05, 3.63) is 36.0 Å². The van der Waals surface area contributed by atoms with Gasteiger partial charge in [-0.05, 0) is 24.0 Å². The van der Waals surface area contributed by atoms with E-state index in [9.17, 15) is 9.46 Å². The Morgan fingerprint density at radius 3 is 2.67 bits per heavy atom. The molecule has 2 N–H and O–H groups in total. The van der Waals surface area contributed by atoms with E-state index in [1.54, 1.807) is 0 Å². The minimum Gasteiger partial charge on any atom is -0.361 e. The summed E-state index contributed by atoms with van der Waals surface area (Å²) >= 11 is 0. The van der Waals surface area contributed by atoms with Crippen molar-refractivity contribution in [3.8, 4) is 0 Å². The molecule has 0 saturated carbocycles. The molecule has 0 bridgehead atoms. The molecule has 0 saturated heterocycles. The van der Waals surface area contributed by atoms with Crippen LogP contribution in [0.25, 0.3) is 10.9 Å². The minimum atomic E-state index is -3.20. The molecular formula is C17H26NO2P. The first-order chi connectivity index (χ1) is 9.99. The zero-order valence-corrected chi connectivity index (χ0v) is 14.1. The Hall–Kier alpha value is -1.05. The van der Waals surface area contributed by atoms with E-state index in [1.807, 2.05) is 37.4 Å². The summed E-state index contributed by atoms with van der Waals surface area (Å²) in [5.41, 5.74) is 1.75. The molecule has 3 atom stereocenters. The lowest BCUT2D eigenvalue weighted by molar-refractivity contribution is 0.443. The fourth-order valence-electron chi connectivity index (χ4n) is 3.25. The van der Waals surface area contributed by atoms with Gasteiger partial charge in [0.05, 0.1) is 5.66 Å². The first kappa shape index (κ1) is 16.3. The highest BCUT2D eigenvalue weighted by molar-refractivity contribution is 7.58. The van der Waals surface area contributed by atoms with Gasteiger partial charge in [0.25, 0.3) is 0 Å². The van der Waals surface area contributed by atoms with E-state index < -0.39 is 7.37 Å². The molecule has 3 unspecified atom stereocenters. The number of rotatable bonds is 7. The number of aromatic amines is 1. The molecule has 2 aromatic rings. The fourth-order valence-corrected chi connectivity index (χ4v) is 5.80. The Labute approximate surface area is 127 Å². The number of H-pyrrole nitrogens is 1. The fraction of sp³-hybridized carbons (Fsp3) is 0.529. The van der Waals surface area contributed by atoms with Gasteiger partial charge in [0.1, 0.15) is 0 Å². The number of fused-ring (bicyclic) bond motifs is 1. The molecule has 1 aromatic carbocycles. The van der Waals surface area contributed by atoms with Crippen LogP contribution in [0.3, 0.4) is 0 Å². The van der Waals surface area contributed by atoms with Gasteiger partial charge in [-0.3, -0.25) is 4.57 Å². The van der Waals surface area contributed by atoms with Crippen molar-refractivity contribution in [1.29, 1.82) is 0 Å². The summed E-state index contributed by atoms with van der Waals surface area (Å²) in [4.78, 5) is 13.9. The zero-order chi connectivity index (χ0) is 15.5.